The number of rotatable bonds is 3. The fourth-order valence-corrected chi connectivity index (χ4v) is 3.48. The van der Waals surface area contributed by atoms with Crippen molar-refractivity contribution >= 4 is 29.5 Å². The molecule has 0 radical (unpaired) electrons. The first-order valence-electron chi connectivity index (χ1n) is 9.41. The molecule has 28 heavy (non-hydrogen) atoms. The van der Waals surface area contributed by atoms with Crippen molar-refractivity contribution in [3.63, 3.8) is 0 Å². The first-order chi connectivity index (χ1) is 13.3. The molecular weight excluding hydrogens is 376 g/mol. The van der Waals surface area contributed by atoms with E-state index in [9.17, 15) is 9.59 Å². The molecule has 1 aliphatic rings. The zero-order valence-electron chi connectivity index (χ0n) is 16.4. The Hall–Kier alpha value is -2.53. The monoisotopic (exact) mass is 400 g/mol. The summed E-state index contributed by atoms with van der Waals surface area (Å²) >= 11 is 6.40. The number of ether oxygens (including phenoxy) is 1. The molecule has 1 atom stereocenters. The normalized spacial score (nSPS) is 16.7. The van der Waals surface area contributed by atoms with E-state index in [4.69, 9.17) is 16.5 Å². The van der Waals surface area contributed by atoms with Crippen molar-refractivity contribution < 1.29 is 14.3 Å². The molecule has 0 aliphatic carbocycles. The summed E-state index contributed by atoms with van der Waals surface area (Å²) in [5.74, 6) is -0.324. The molecule has 2 amide bonds. The number of amides is 2. The minimum Gasteiger partial charge on any atom is -0.444 e. The molecule has 0 spiro atoms. The van der Waals surface area contributed by atoms with Crippen LogP contribution in [0.1, 0.15) is 33.6 Å². The molecule has 1 aliphatic heterocycles. The Kier molecular flexibility index (Phi) is 5.94. The average Bonchev–Trinajstić information content (AvgIpc) is 3.16. The number of benzene rings is 2. The van der Waals surface area contributed by atoms with Crippen molar-refractivity contribution in [3.05, 3.63) is 54.6 Å². The number of nitrogens with zero attached hydrogens (tertiary/aromatic N) is 2. The maximum absolute atomic E-state index is 13.0. The molecule has 0 N–H and O–H groups in total. The Morgan fingerprint density at radius 1 is 1.07 bits per heavy atom. The van der Waals surface area contributed by atoms with Crippen molar-refractivity contribution in [2.45, 2.75) is 45.3 Å². The quantitative estimate of drug-likeness (QED) is 0.662. The van der Waals surface area contributed by atoms with Crippen LogP contribution in [0.4, 0.5) is 10.5 Å². The minimum atomic E-state index is -0.618. The van der Waals surface area contributed by atoms with E-state index in [1.54, 1.807) is 26.8 Å². The summed E-state index contributed by atoms with van der Waals surface area (Å²) in [6.45, 7) is 5.91. The molecule has 6 heteroatoms. The third-order valence-electron chi connectivity index (χ3n) is 4.54. The predicted octanol–water partition coefficient (Wildman–Crippen LogP) is 5.24. The lowest BCUT2D eigenvalue weighted by Crippen LogP contribution is -2.47. The van der Waals surface area contributed by atoms with Crippen molar-refractivity contribution in [1.29, 1.82) is 0 Å². The summed E-state index contributed by atoms with van der Waals surface area (Å²) in [6, 6.07) is 16.7. The maximum atomic E-state index is 13.0. The number of hydrogen-bond donors (Lipinski definition) is 0. The van der Waals surface area contributed by atoms with Crippen LogP contribution in [-0.4, -0.2) is 35.1 Å². The van der Waals surface area contributed by atoms with E-state index in [-0.39, 0.29) is 5.91 Å². The number of carbonyl (C=O) groups excluding carboxylic acids is 2. The first kappa shape index (κ1) is 20.2. The van der Waals surface area contributed by atoms with Gasteiger partial charge in [0.1, 0.15) is 11.6 Å². The Morgan fingerprint density at radius 2 is 1.75 bits per heavy atom. The Balaban J connectivity index is 1.78. The first-order valence-corrected chi connectivity index (χ1v) is 9.75. The lowest BCUT2D eigenvalue weighted by Gasteiger charge is -2.29. The van der Waals surface area contributed by atoms with Gasteiger partial charge in [-0.25, -0.2) is 9.21 Å². The van der Waals surface area contributed by atoms with E-state index in [0.29, 0.717) is 18.7 Å². The molecule has 1 unspecified atom stereocenters. The highest BCUT2D eigenvalue weighted by Gasteiger charge is 2.38. The molecule has 1 heterocycles. The zero-order chi connectivity index (χ0) is 20.3. The largest absolute Gasteiger partial charge is 0.444 e. The van der Waals surface area contributed by atoms with E-state index in [0.717, 1.165) is 22.0 Å². The van der Waals surface area contributed by atoms with Crippen LogP contribution in [0.2, 0.25) is 0 Å². The second-order valence-electron chi connectivity index (χ2n) is 7.87. The fraction of sp³-hybridized carbons (Fsp3) is 0.364. The number of likely N-dealkylation sites (tertiary alicyclic amines) is 1. The van der Waals surface area contributed by atoms with Crippen molar-refractivity contribution in [1.82, 2.24) is 4.90 Å². The van der Waals surface area contributed by atoms with Gasteiger partial charge in [0.05, 0.1) is 5.69 Å². The fourth-order valence-electron chi connectivity index (χ4n) is 3.26. The Labute approximate surface area is 171 Å². The predicted molar refractivity (Wildman–Crippen MR) is 111 cm³/mol. The molecule has 148 valence electrons. The lowest BCUT2D eigenvalue weighted by molar-refractivity contribution is -0.121. The third-order valence-corrected chi connectivity index (χ3v) is 4.90. The molecule has 3 rings (SSSR count). The topological polar surface area (TPSA) is 49.9 Å². The Bertz CT molecular complexity index is 848. The van der Waals surface area contributed by atoms with Gasteiger partial charge in [-0.3, -0.25) is 9.69 Å². The molecule has 0 bridgehead atoms. The van der Waals surface area contributed by atoms with Gasteiger partial charge in [-0.15, -0.1) is 0 Å². The maximum Gasteiger partial charge on any atom is 0.410 e. The van der Waals surface area contributed by atoms with Gasteiger partial charge >= 0.3 is 6.09 Å². The highest BCUT2D eigenvalue weighted by atomic mass is 35.5. The summed E-state index contributed by atoms with van der Waals surface area (Å²) < 4.78 is 6.55. The van der Waals surface area contributed by atoms with Gasteiger partial charge in [-0.05, 0) is 56.9 Å². The van der Waals surface area contributed by atoms with Crippen LogP contribution in [0.5, 0.6) is 0 Å². The summed E-state index contributed by atoms with van der Waals surface area (Å²) in [4.78, 5) is 27.0. The highest BCUT2D eigenvalue weighted by Crippen LogP contribution is 2.29. The minimum absolute atomic E-state index is 0.324. The van der Waals surface area contributed by atoms with E-state index >= 15 is 0 Å². The molecule has 0 saturated carbocycles. The second-order valence-corrected chi connectivity index (χ2v) is 8.21. The van der Waals surface area contributed by atoms with Gasteiger partial charge in [0.25, 0.3) is 5.91 Å². The SMILES string of the molecule is CC(C)(C)OC(=O)N1CCCC1C(=O)N(Cl)c1cccc(-c2ccccc2)c1. The lowest BCUT2D eigenvalue weighted by atomic mass is 10.1. The highest BCUT2D eigenvalue weighted by molar-refractivity contribution is 6.37. The van der Waals surface area contributed by atoms with Crippen LogP contribution >= 0.6 is 11.8 Å². The average molecular weight is 401 g/mol. The molecule has 2 aromatic carbocycles. The number of halogens is 1. The summed E-state index contributed by atoms with van der Waals surface area (Å²) in [5.41, 5.74) is 1.96. The molecule has 2 aromatic rings. The summed E-state index contributed by atoms with van der Waals surface area (Å²) in [5, 5.41) is 0. The van der Waals surface area contributed by atoms with Crippen LogP contribution < -0.4 is 4.42 Å². The van der Waals surface area contributed by atoms with Gasteiger partial charge < -0.3 is 4.74 Å². The molecule has 0 aromatic heterocycles. The zero-order valence-corrected chi connectivity index (χ0v) is 17.1. The van der Waals surface area contributed by atoms with E-state index < -0.39 is 17.7 Å². The van der Waals surface area contributed by atoms with Gasteiger partial charge in [0, 0.05) is 18.3 Å². The molecule has 1 fully saturated rings. The molecule has 1 saturated heterocycles. The standard InChI is InChI=1S/C22H25ClN2O3/c1-22(2,3)28-21(27)24-14-8-13-19(24)20(26)25(23)18-12-7-11-17(15-18)16-9-5-4-6-10-16/h4-7,9-12,15,19H,8,13-14H2,1-3H3. The van der Waals surface area contributed by atoms with Gasteiger partial charge in [0.2, 0.25) is 0 Å². The van der Waals surface area contributed by atoms with Crippen molar-refractivity contribution in [2.75, 3.05) is 11.0 Å². The molecule has 5 nitrogen and oxygen atoms in total. The number of hydrogen-bond acceptors (Lipinski definition) is 3. The van der Waals surface area contributed by atoms with Crippen molar-refractivity contribution in [3.8, 4) is 11.1 Å². The van der Waals surface area contributed by atoms with E-state index in [1.165, 1.54) is 4.90 Å². The van der Waals surface area contributed by atoms with Gasteiger partial charge in [-0.1, -0.05) is 42.5 Å². The van der Waals surface area contributed by atoms with Gasteiger partial charge in [0.15, 0.2) is 0 Å². The summed E-state index contributed by atoms with van der Waals surface area (Å²) in [6.07, 6.45) is 0.829. The van der Waals surface area contributed by atoms with Crippen molar-refractivity contribution in [2.24, 2.45) is 0 Å². The van der Waals surface area contributed by atoms with E-state index in [2.05, 4.69) is 0 Å². The van der Waals surface area contributed by atoms with Gasteiger partial charge in [-0.2, -0.15) is 0 Å². The summed E-state index contributed by atoms with van der Waals surface area (Å²) in [7, 11) is 0. The second kappa shape index (κ2) is 8.23. The number of anilines is 1. The van der Waals surface area contributed by atoms with Crippen LogP contribution in [0.25, 0.3) is 11.1 Å². The van der Waals surface area contributed by atoms with E-state index in [1.807, 2.05) is 48.5 Å². The van der Waals surface area contributed by atoms with Crippen LogP contribution in [0.15, 0.2) is 54.6 Å². The number of carbonyl (C=O) groups is 2. The third kappa shape index (κ3) is 4.65. The van der Waals surface area contributed by atoms with Crippen LogP contribution in [0.3, 0.4) is 0 Å². The van der Waals surface area contributed by atoms with Crippen LogP contribution in [0, 0.1) is 0 Å². The molecular formula is C22H25ClN2O3. The van der Waals surface area contributed by atoms with Crippen LogP contribution in [-0.2, 0) is 9.53 Å². The smallest absolute Gasteiger partial charge is 0.410 e. The Morgan fingerprint density at radius 3 is 2.43 bits per heavy atom.